The van der Waals surface area contributed by atoms with Gasteiger partial charge >= 0.3 is 11.9 Å². The highest BCUT2D eigenvalue weighted by molar-refractivity contribution is 7.80. The van der Waals surface area contributed by atoms with Crippen LogP contribution in [0.1, 0.15) is 77.6 Å². The van der Waals surface area contributed by atoms with Gasteiger partial charge < -0.3 is 40.2 Å². The Morgan fingerprint density at radius 3 is 1.39 bits per heavy atom. The number of carbonyl (C=O) groups excluding carboxylic acids is 2. The van der Waals surface area contributed by atoms with Crippen LogP contribution in [0.4, 0.5) is 0 Å². The van der Waals surface area contributed by atoms with Crippen LogP contribution in [0.2, 0.25) is 0 Å². The van der Waals surface area contributed by atoms with Gasteiger partial charge in [0.15, 0.2) is 10.2 Å². The molecule has 0 bridgehead atoms. The molecule has 2 unspecified atom stereocenters. The zero-order valence-electron chi connectivity index (χ0n) is 31.3. The summed E-state index contributed by atoms with van der Waals surface area (Å²) in [6, 6.07) is 22.7. The molecule has 0 saturated heterocycles. The first-order valence-electron chi connectivity index (χ1n) is 18.2. The second-order valence-corrected chi connectivity index (χ2v) is 14.7. The summed E-state index contributed by atoms with van der Waals surface area (Å²) in [7, 11) is 0. The molecule has 0 amide bonds. The molecular formula is C42H46N4O6S2. The molecule has 4 N–H and O–H groups in total. The lowest BCUT2D eigenvalue weighted by Gasteiger charge is -2.32. The van der Waals surface area contributed by atoms with E-state index in [0.717, 1.165) is 32.7 Å². The van der Waals surface area contributed by atoms with Crippen molar-refractivity contribution in [3.8, 4) is 11.5 Å². The lowest BCUT2D eigenvalue weighted by Crippen LogP contribution is -2.45. The number of hydrogen-bond donors (Lipinski definition) is 4. The van der Waals surface area contributed by atoms with E-state index in [1.165, 1.54) is 0 Å². The number of esters is 2. The number of hydrogen-bond acceptors (Lipinski definition) is 8. The largest absolute Gasteiger partial charge is 0.493 e. The molecule has 0 aromatic heterocycles. The predicted octanol–water partition coefficient (Wildman–Crippen LogP) is 7.72. The van der Waals surface area contributed by atoms with Gasteiger partial charge in [0, 0.05) is 22.5 Å². The van der Waals surface area contributed by atoms with Crippen molar-refractivity contribution in [1.29, 1.82) is 0 Å². The van der Waals surface area contributed by atoms with Crippen LogP contribution in [0, 0.1) is 0 Å². The first-order chi connectivity index (χ1) is 25.9. The van der Waals surface area contributed by atoms with Crippen LogP contribution in [0.3, 0.4) is 0 Å². The molecule has 54 heavy (non-hydrogen) atoms. The molecule has 2 heterocycles. The number of fused-ring (bicyclic) bond motifs is 2. The zero-order valence-corrected chi connectivity index (χ0v) is 33.0. The Kier molecular flexibility index (Phi) is 12.0. The molecule has 2 atom stereocenters. The molecule has 2 aliphatic rings. The predicted molar refractivity (Wildman–Crippen MR) is 219 cm³/mol. The normalized spacial score (nSPS) is 17.3. The number of ether oxygens (including phenoxy) is 4. The first-order valence-corrected chi connectivity index (χ1v) is 19.0. The van der Waals surface area contributed by atoms with E-state index < -0.39 is 24.0 Å². The monoisotopic (exact) mass is 766 g/mol. The molecule has 2 aliphatic heterocycles. The highest BCUT2D eigenvalue weighted by atomic mass is 32.1. The Hall–Kier alpha value is -5.20. The van der Waals surface area contributed by atoms with Crippen LogP contribution in [0.5, 0.6) is 11.5 Å². The van der Waals surface area contributed by atoms with Crippen molar-refractivity contribution < 1.29 is 28.5 Å². The first kappa shape index (κ1) is 38.5. The average Bonchev–Trinajstić information content (AvgIpc) is 3.11. The van der Waals surface area contributed by atoms with Crippen LogP contribution in [0.15, 0.2) is 95.3 Å². The summed E-state index contributed by atoms with van der Waals surface area (Å²) in [4.78, 5) is 26.9. The summed E-state index contributed by atoms with van der Waals surface area (Å²) in [5.74, 6) is 0.449. The van der Waals surface area contributed by atoms with E-state index in [-0.39, 0.29) is 12.2 Å². The number of rotatable bonds is 13. The van der Waals surface area contributed by atoms with Crippen LogP contribution < -0.4 is 30.7 Å². The highest BCUT2D eigenvalue weighted by Crippen LogP contribution is 2.41. The van der Waals surface area contributed by atoms with Crippen molar-refractivity contribution >= 4 is 68.1 Å². The van der Waals surface area contributed by atoms with Crippen LogP contribution in [0.25, 0.3) is 21.5 Å². The molecule has 4 aromatic rings. The van der Waals surface area contributed by atoms with Crippen LogP contribution in [-0.2, 0) is 19.1 Å². The summed E-state index contributed by atoms with van der Waals surface area (Å²) >= 11 is 11.1. The van der Waals surface area contributed by atoms with E-state index in [0.29, 0.717) is 70.3 Å². The molecule has 0 fully saturated rings. The van der Waals surface area contributed by atoms with Gasteiger partial charge in [-0.25, -0.2) is 9.59 Å². The third-order valence-electron chi connectivity index (χ3n) is 9.16. The molecular weight excluding hydrogens is 721 g/mol. The van der Waals surface area contributed by atoms with E-state index >= 15 is 0 Å². The van der Waals surface area contributed by atoms with Gasteiger partial charge in [-0.15, -0.1) is 0 Å². The maximum atomic E-state index is 13.4. The van der Waals surface area contributed by atoms with Gasteiger partial charge in [0.2, 0.25) is 0 Å². The van der Waals surface area contributed by atoms with E-state index in [4.69, 9.17) is 43.4 Å². The molecule has 0 spiro atoms. The number of benzene rings is 4. The number of carbonyl (C=O) groups is 2. The van der Waals surface area contributed by atoms with Gasteiger partial charge in [-0.1, -0.05) is 60.7 Å². The van der Waals surface area contributed by atoms with Gasteiger partial charge in [0.05, 0.1) is 48.7 Å². The lowest BCUT2D eigenvalue weighted by atomic mass is 9.90. The third-order valence-corrected chi connectivity index (χ3v) is 9.60. The second kappa shape index (κ2) is 16.9. The van der Waals surface area contributed by atoms with Gasteiger partial charge in [0.1, 0.15) is 11.5 Å². The molecule has 282 valence electrons. The molecule has 6 rings (SSSR count). The topological polar surface area (TPSA) is 119 Å². The maximum absolute atomic E-state index is 13.4. The minimum absolute atomic E-state index is 0.291. The van der Waals surface area contributed by atoms with E-state index in [1.807, 2.05) is 114 Å². The van der Waals surface area contributed by atoms with Crippen molar-refractivity contribution in [2.75, 3.05) is 13.2 Å². The van der Waals surface area contributed by atoms with Gasteiger partial charge in [0.25, 0.3) is 0 Å². The van der Waals surface area contributed by atoms with E-state index in [2.05, 4.69) is 21.3 Å². The standard InChI is InChI=1S/C42H46N4O6S2/c1-23(2)51-39(47)33-25(5)43-41(53)45-37(33)35-29-15-9-7-13-27(29)17-19-31(35)49-21-11-12-22-50-32-20-18-28-14-8-10-16-30(28)36(32)38-34(40(48)52-24(3)4)26(6)44-42(54)46-38/h7-10,13-20,23-24,37-38H,11-12,21-22H2,1-6H3,(H2,43,45,53)(H2,44,46,54). The number of allylic oxidation sites excluding steroid dienone is 2. The summed E-state index contributed by atoms with van der Waals surface area (Å²) < 4.78 is 24.3. The van der Waals surface area contributed by atoms with Crippen LogP contribution in [-0.4, -0.2) is 47.6 Å². The minimum atomic E-state index is -0.586. The van der Waals surface area contributed by atoms with Gasteiger partial charge in [-0.05, 0) is 112 Å². The Bertz CT molecular complexity index is 2030. The van der Waals surface area contributed by atoms with Crippen molar-refractivity contribution in [3.63, 3.8) is 0 Å². The lowest BCUT2D eigenvalue weighted by molar-refractivity contribution is -0.144. The molecule has 0 saturated carbocycles. The zero-order chi connectivity index (χ0) is 38.5. The third kappa shape index (κ3) is 8.45. The fourth-order valence-electron chi connectivity index (χ4n) is 6.88. The molecule has 4 aromatic carbocycles. The average molecular weight is 767 g/mol. The number of unbranched alkanes of at least 4 members (excludes halogenated alkanes) is 1. The smallest absolute Gasteiger partial charge is 0.338 e. The fourth-order valence-corrected chi connectivity index (χ4v) is 7.43. The number of nitrogens with one attached hydrogen (secondary N) is 4. The Balaban J connectivity index is 1.21. The van der Waals surface area contributed by atoms with Gasteiger partial charge in [-0.3, -0.25) is 0 Å². The quantitative estimate of drug-likeness (QED) is 0.0606. The molecule has 10 nitrogen and oxygen atoms in total. The maximum Gasteiger partial charge on any atom is 0.338 e. The van der Waals surface area contributed by atoms with Crippen LogP contribution >= 0.6 is 24.4 Å². The Morgan fingerprint density at radius 2 is 1.00 bits per heavy atom. The molecule has 0 aliphatic carbocycles. The summed E-state index contributed by atoms with van der Waals surface area (Å²) in [6.45, 7) is 11.8. The molecule has 0 radical (unpaired) electrons. The Labute approximate surface area is 326 Å². The second-order valence-electron chi connectivity index (χ2n) is 13.8. The van der Waals surface area contributed by atoms with Crippen molar-refractivity contribution in [1.82, 2.24) is 21.3 Å². The van der Waals surface area contributed by atoms with Crippen molar-refractivity contribution in [3.05, 3.63) is 106 Å². The van der Waals surface area contributed by atoms with E-state index in [1.54, 1.807) is 0 Å². The summed E-state index contributed by atoms with van der Waals surface area (Å²) in [5.41, 5.74) is 3.79. The number of thiocarbonyl (C=S) groups is 2. The Morgan fingerprint density at radius 1 is 0.611 bits per heavy atom. The van der Waals surface area contributed by atoms with Crippen molar-refractivity contribution in [2.45, 2.75) is 78.7 Å². The minimum Gasteiger partial charge on any atom is -0.493 e. The fraction of sp³-hybridized carbons (Fsp3) is 0.333. The SMILES string of the molecule is CC1=C(C(=O)OC(C)C)C(c2c(OCCCCOc3ccc4ccccc4c3C3NC(=S)NC(C)=C3C(=O)OC(C)C)ccc3ccccc23)NC(=S)N1. The summed E-state index contributed by atoms with van der Waals surface area (Å²) in [5, 5.41) is 17.5. The van der Waals surface area contributed by atoms with E-state index in [9.17, 15) is 9.59 Å². The van der Waals surface area contributed by atoms with Crippen molar-refractivity contribution in [2.24, 2.45) is 0 Å². The van der Waals surface area contributed by atoms with Gasteiger partial charge in [-0.2, -0.15) is 0 Å². The summed E-state index contributed by atoms with van der Waals surface area (Å²) in [6.07, 6.45) is 0.789. The molecule has 12 heteroatoms. The highest BCUT2D eigenvalue weighted by Gasteiger charge is 2.36.